The van der Waals surface area contributed by atoms with Gasteiger partial charge in [0.25, 0.3) is 0 Å². The van der Waals surface area contributed by atoms with Crippen LogP contribution in [0.3, 0.4) is 0 Å². The molecule has 0 bridgehead atoms. The first kappa shape index (κ1) is 15.0. The number of thiazole rings is 1. The molecule has 1 atom stereocenters. The second-order valence-corrected chi connectivity index (χ2v) is 6.63. The summed E-state index contributed by atoms with van der Waals surface area (Å²) in [4.78, 5) is 27.6. The van der Waals surface area contributed by atoms with Crippen molar-refractivity contribution in [2.24, 2.45) is 0 Å². The number of thiophene rings is 1. The third kappa shape index (κ3) is 3.78. The number of hydrogen-bond acceptors (Lipinski definition) is 5. The van der Waals surface area contributed by atoms with Crippen molar-refractivity contribution in [3.05, 3.63) is 27.5 Å². The van der Waals surface area contributed by atoms with Crippen molar-refractivity contribution in [1.82, 2.24) is 10.3 Å². The minimum absolute atomic E-state index is 0.0627. The zero-order valence-corrected chi connectivity index (χ0v) is 12.8. The third-order valence-electron chi connectivity index (χ3n) is 2.43. The molecule has 0 saturated carbocycles. The van der Waals surface area contributed by atoms with Gasteiger partial charge >= 0.3 is 5.97 Å². The van der Waals surface area contributed by atoms with Gasteiger partial charge in [-0.15, -0.1) is 22.7 Å². The number of hydrogen-bond donors (Lipinski definition) is 2. The molecule has 2 rings (SSSR count). The predicted octanol–water partition coefficient (Wildman–Crippen LogP) is 2.66. The molecular formula is C12H11ClN2O3S2. The minimum Gasteiger partial charge on any atom is -0.480 e. The molecular weight excluding hydrogens is 320 g/mol. The summed E-state index contributed by atoms with van der Waals surface area (Å²) in [7, 11) is 0. The molecule has 106 valence electrons. The Morgan fingerprint density at radius 2 is 2.25 bits per heavy atom. The Labute approximate surface area is 128 Å². The Bertz CT molecular complexity index is 638. The van der Waals surface area contributed by atoms with Gasteiger partial charge in [-0.3, -0.25) is 9.59 Å². The van der Waals surface area contributed by atoms with Crippen molar-refractivity contribution in [1.29, 1.82) is 0 Å². The Morgan fingerprint density at radius 1 is 1.50 bits per heavy atom. The number of carbonyl (C=O) groups is 2. The quantitative estimate of drug-likeness (QED) is 0.883. The Kier molecular flexibility index (Phi) is 4.74. The first-order chi connectivity index (χ1) is 9.45. The van der Waals surface area contributed by atoms with Crippen molar-refractivity contribution in [2.75, 3.05) is 0 Å². The molecule has 2 aromatic rings. The van der Waals surface area contributed by atoms with E-state index >= 15 is 0 Å². The van der Waals surface area contributed by atoms with E-state index in [1.165, 1.54) is 29.6 Å². The van der Waals surface area contributed by atoms with Crippen LogP contribution in [0.15, 0.2) is 17.5 Å². The van der Waals surface area contributed by atoms with Gasteiger partial charge in [-0.05, 0) is 19.1 Å². The highest BCUT2D eigenvalue weighted by atomic mass is 35.5. The zero-order chi connectivity index (χ0) is 14.7. The average Bonchev–Trinajstić information content (AvgIpc) is 2.97. The Morgan fingerprint density at radius 3 is 2.85 bits per heavy atom. The van der Waals surface area contributed by atoms with Crippen LogP contribution in [0.5, 0.6) is 0 Å². The summed E-state index contributed by atoms with van der Waals surface area (Å²) in [5.41, 5.74) is 0.615. The number of rotatable bonds is 5. The van der Waals surface area contributed by atoms with Gasteiger partial charge in [-0.1, -0.05) is 11.6 Å². The molecule has 8 heteroatoms. The van der Waals surface area contributed by atoms with Gasteiger partial charge in [0.2, 0.25) is 5.91 Å². The maximum atomic E-state index is 11.6. The Hall–Kier alpha value is -1.44. The molecule has 2 heterocycles. The zero-order valence-electron chi connectivity index (χ0n) is 10.4. The van der Waals surface area contributed by atoms with Gasteiger partial charge < -0.3 is 10.4 Å². The van der Waals surface area contributed by atoms with E-state index in [-0.39, 0.29) is 12.3 Å². The van der Waals surface area contributed by atoms with Crippen LogP contribution in [0.2, 0.25) is 4.34 Å². The number of carbonyl (C=O) groups excluding carboxylic acids is 1. The van der Waals surface area contributed by atoms with Crippen LogP contribution in [0, 0.1) is 0 Å². The minimum atomic E-state index is -1.06. The van der Waals surface area contributed by atoms with E-state index in [1.807, 2.05) is 6.07 Å². The van der Waals surface area contributed by atoms with Crippen molar-refractivity contribution >= 4 is 46.2 Å². The van der Waals surface area contributed by atoms with Crippen LogP contribution in [0.25, 0.3) is 9.88 Å². The lowest BCUT2D eigenvalue weighted by Crippen LogP contribution is -2.39. The fourth-order valence-electron chi connectivity index (χ4n) is 1.45. The first-order valence-electron chi connectivity index (χ1n) is 5.68. The molecule has 0 aliphatic heterocycles. The first-order valence-corrected chi connectivity index (χ1v) is 7.75. The van der Waals surface area contributed by atoms with Crippen molar-refractivity contribution in [2.45, 2.75) is 19.4 Å². The Balaban J connectivity index is 1.99. The standard InChI is InChI=1S/C12H11ClN2O3S2/c1-6(12(17)18)14-10(16)4-7-5-19-11(15-7)8-2-3-9(13)20-8/h2-3,5-6H,4H2,1H3,(H,14,16)(H,17,18)/t6-/m1/s1. The van der Waals surface area contributed by atoms with Crippen LogP contribution in [-0.2, 0) is 16.0 Å². The summed E-state index contributed by atoms with van der Waals surface area (Å²) in [5.74, 6) is -1.42. The van der Waals surface area contributed by atoms with E-state index in [0.29, 0.717) is 10.0 Å². The van der Waals surface area contributed by atoms with E-state index in [4.69, 9.17) is 16.7 Å². The van der Waals surface area contributed by atoms with Gasteiger partial charge in [0, 0.05) is 5.38 Å². The van der Waals surface area contributed by atoms with Crippen LogP contribution < -0.4 is 5.32 Å². The van der Waals surface area contributed by atoms with Gasteiger partial charge in [-0.2, -0.15) is 0 Å². The number of amides is 1. The summed E-state index contributed by atoms with van der Waals surface area (Å²) >= 11 is 8.71. The second-order valence-electron chi connectivity index (χ2n) is 4.05. The molecule has 1 amide bonds. The smallest absolute Gasteiger partial charge is 0.325 e. The topological polar surface area (TPSA) is 79.3 Å². The maximum Gasteiger partial charge on any atom is 0.325 e. The third-order valence-corrected chi connectivity index (χ3v) is 4.72. The molecule has 20 heavy (non-hydrogen) atoms. The average molecular weight is 331 g/mol. The molecule has 0 aliphatic carbocycles. The number of halogens is 1. The lowest BCUT2D eigenvalue weighted by atomic mass is 10.3. The molecule has 0 radical (unpaired) electrons. The summed E-state index contributed by atoms with van der Waals surface area (Å²) < 4.78 is 0.685. The van der Waals surface area contributed by atoms with E-state index in [1.54, 1.807) is 11.4 Å². The molecule has 5 nitrogen and oxygen atoms in total. The number of carboxylic acid groups (broad SMARTS) is 1. The van der Waals surface area contributed by atoms with E-state index in [2.05, 4.69) is 10.3 Å². The van der Waals surface area contributed by atoms with Gasteiger partial charge in [-0.25, -0.2) is 4.98 Å². The highest BCUT2D eigenvalue weighted by Gasteiger charge is 2.15. The van der Waals surface area contributed by atoms with E-state index in [9.17, 15) is 9.59 Å². The van der Waals surface area contributed by atoms with Gasteiger partial charge in [0.05, 0.1) is 21.3 Å². The summed E-state index contributed by atoms with van der Waals surface area (Å²) in [6.45, 7) is 1.42. The van der Waals surface area contributed by atoms with E-state index in [0.717, 1.165) is 9.88 Å². The van der Waals surface area contributed by atoms with Gasteiger partial charge in [0.15, 0.2) is 0 Å². The SMILES string of the molecule is C[C@@H](NC(=O)Cc1csc(-c2ccc(Cl)s2)n1)C(=O)O. The molecule has 2 aromatic heterocycles. The molecule has 2 N–H and O–H groups in total. The summed E-state index contributed by atoms with van der Waals surface area (Å²) in [5, 5.41) is 13.7. The van der Waals surface area contributed by atoms with Crippen LogP contribution in [0.1, 0.15) is 12.6 Å². The van der Waals surface area contributed by atoms with Crippen molar-refractivity contribution in [3.63, 3.8) is 0 Å². The van der Waals surface area contributed by atoms with Crippen LogP contribution in [0.4, 0.5) is 0 Å². The maximum absolute atomic E-state index is 11.6. The number of carboxylic acids is 1. The molecule has 0 unspecified atom stereocenters. The highest BCUT2D eigenvalue weighted by Crippen LogP contribution is 2.32. The monoisotopic (exact) mass is 330 g/mol. The lowest BCUT2D eigenvalue weighted by molar-refractivity contribution is -0.141. The van der Waals surface area contributed by atoms with Crippen LogP contribution >= 0.6 is 34.3 Å². The summed E-state index contributed by atoms with van der Waals surface area (Å²) in [6.07, 6.45) is 0.0627. The molecule has 0 saturated heterocycles. The predicted molar refractivity (Wildman–Crippen MR) is 79.4 cm³/mol. The van der Waals surface area contributed by atoms with Crippen LogP contribution in [-0.4, -0.2) is 28.0 Å². The van der Waals surface area contributed by atoms with Gasteiger partial charge in [0.1, 0.15) is 11.0 Å². The lowest BCUT2D eigenvalue weighted by Gasteiger charge is -2.07. The molecule has 0 spiro atoms. The number of nitrogens with one attached hydrogen (secondary N) is 1. The second kappa shape index (κ2) is 6.34. The van der Waals surface area contributed by atoms with Crippen molar-refractivity contribution in [3.8, 4) is 9.88 Å². The van der Waals surface area contributed by atoms with E-state index < -0.39 is 12.0 Å². The largest absolute Gasteiger partial charge is 0.480 e. The highest BCUT2D eigenvalue weighted by molar-refractivity contribution is 7.23. The fraction of sp³-hybridized carbons (Fsp3) is 0.250. The normalized spacial score (nSPS) is 12.1. The summed E-state index contributed by atoms with van der Waals surface area (Å²) in [6, 6.07) is 2.77. The molecule has 0 aliphatic rings. The number of aromatic nitrogens is 1. The number of aliphatic carboxylic acids is 1. The number of nitrogens with zero attached hydrogens (tertiary/aromatic N) is 1. The molecule has 0 aromatic carbocycles. The fourth-order valence-corrected chi connectivity index (χ4v) is 3.38. The van der Waals surface area contributed by atoms with Crippen molar-refractivity contribution < 1.29 is 14.7 Å². The molecule has 0 fully saturated rings.